The molecule has 2 heterocycles. The molecule has 1 amide bonds. The molecular formula is C21H22FN3OS. The zero-order valence-electron chi connectivity index (χ0n) is 15.5. The van der Waals surface area contributed by atoms with Crippen molar-refractivity contribution in [2.75, 3.05) is 43.4 Å². The Labute approximate surface area is 162 Å². The summed E-state index contributed by atoms with van der Waals surface area (Å²) in [7, 11) is 2.14. The summed E-state index contributed by atoms with van der Waals surface area (Å²) >= 11 is 1.31. The molecule has 2 aromatic carbocycles. The third kappa shape index (κ3) is 3.68. The maximum atomic E-state index is 13.9. The summed E-state index contributed by atoms with van der Waals surface area (Å²) in [6, 6.07) is 12.7. The highest BCUT2D eigenvalue weighted by molar-refractivity contribution is 7.20. The number of benzene rings is 2. The number of nitrogens with zero attached hydrogens (tertiary/aromatic N) is 2. The van der Waals surface area contributed by atoms with Crippen LogP contribution in [-0.4, -0.2) is 44.0 Å². The number of amides is 1. The van der Waals surface area contributed by atoms with Gasteiger partial charge < -0.3 is 15.1 Å². The predicted molar refractivity (Wildman–Crippen MR) is 111 cm³/mol. The average molecular weight is 383 g/mol. The van der Waals surface area contributed by atoms with Crippen molar-refractivity contribution in [3.63, 3.8) is 0 Å². The Kier molecular flexibility index (Phi) is 4.85. The van der Waals surface area contributed by atoms with E-state index in [9.17, 15) is 9.18 Å². The van der Waals surface area contributed by atoms with Crippen LogP contribution in [0.3, 0.4) is 0 Å². The summed E-state index contributed by atoms with van der Waals surface area (Å²) in [5.74, 6) is -0.499. The SMILES string of the molecule is Cc1cc(N2CCN(C)CC2)ccc1NC(=O)c1cc2c(F)cccc2s1. The molecule has 0 spiro atoms. The van der Waals surface area contributed by atoms with Crippen LogP contribution < -0.4 is 10.2 Å². The van der Waals surface area contributed by atoms with Crippen molar-refractivity contribution < 1.29 is 9.18 Å². The first-order chi connectivity index (χ1) is 13.0. The molecule has 140 valence electrons. The summed E-state index contributed by atoms with van der Waals surface area (Å²) in [5.41, 5.74) is 2.99. The third-order valence-electron chi connectivity index (χ3n) is 5.06. The molecule has 0 unspecified atom stereocenters. The molecule has 0 aliphatic carbocycles. The summed E-state index contributed by atoms with van der Waals surface area (Å²) < 4.78 is 14.6. The Morgan fingerprint density at radius 1 is 1.11 bits per heavy atom. The van der Waals surface area contributed by atoms with E-state index in [1.54, 1.807) is 12.1 Å². The van der Waals surface area contributed by atoms with Gasteiger partial charge in [0.1, 0.15) is 5.82 Å². The van der Waals surface area contributed by atoms with Crippen LogP contribution in [0.2, 0.25) is 0 Å². The number of halogens is 1. The van der Waals surface area contributed by atoms with Crippen molar-refractivity contribution in [2.45, 2.75) is 6.92 Å². The Hall–Kier alpha value is -2.44. The second kappa shape index (κ2) is 7.29. The normalized spacial score (nSPS) is 15.3. The first kappa shape index (κ1) is 17.9. The molecule has 3 aromatic rings. The van der Waals surface area contributed by atoms with Crippen molar-refractivity contribution in [2.24, 2.45) is 0 Å². The highest BCUT2D eigenvalue weighted by atomic mass is 32.1. The molecule has 1 aromatic heterocycles. The fraction of sp³-hybridized carbons (Fsp3) is 0.286. The Morgan fingerprint density at radius 2 is 1.89 bits per heavy atom. The van der Waals surface area contributed by atoms with Crippen LogP contribution in [0.5, 0.6) is 0 Å². The van der Waals surface area contributed by atoms with Gasteiger partial charge in [-0.05, 0) is 55.9 Å². The number of hydrogen-bond donors (Lipinski definition) is 1. The minimum absolute atomic E-state index is 0.203. The Bertz CT molecular complexity index is 992. The van der Waals surface area contributed by atoms with Crippen LogP contribution in [0, 0.1) is 12.7 Å². The Balaban J connectivity index is 1.51. The number of thiophene rings is 1. The molecule has 27 heavy (non-hydrogen) atoms. The van der Waals surface area contributed by atoms with E-state index in [1.807, 2.05) is 19.1 Å². The van der Waals surface area contributed by atoms with Crippen molar-refractivity contribution in [3.8, 4) is 0 Å². The molecule has 6 heteroatoms. The highest BCUT2D eigenvalue weighted by Crippen LogP contribution is 2.29. The van der Waals surface area contributed by atoms with Gasteiger partial charge in [0.25, 0.3) is 5.91 Å². The van der Waals surface area contributed by atoms with E-state index >= 15 is 0 Å². The molecule has 1 fully saturated rings. The van der Waals surface area contributed by atoms with Gasteiger partial charge in [0, 0.05) is 47.6 Å². The number of aryl methyl sites for hydroxylation is 1. The molecule has 1 saturated heterocycles. The number of anilines is 2. The summed E-state index contributed by atoms with van der Waals surface area (Å²) in [6.45, 7) is 6.13. The van der Waals surface area contributed by atoms with E-state index < -0.39 is 0 Å². The maximum Gasteiger partial charge on any atom is 0.265 e. The van der Waals surface area contributed by atoms with Crippen LogP contribution in [0.4, 0.5) is 15.8 Å². The van der Waals surface area contributed by atoms with Gasteiger partial charge in [-0.3, -0.25) is 4.79 Å². The van der Waals surface area contributed by atoms with E-state index in [0.29, 0.717) is 10.3 Å². The van der Waals surface area contributed by atoms with Crippen LogP contribution >= 0.6 is 11.3 Å². The quantitative estimate of drug-likeness (QED) is 0.730. The van der Waals surface area contributed by atoms with E-state index in [-0.39, 0.29) is 11.7 Å². The third-order valence-corrected chi connectivity index (χ3v) is 6.16. The molecule has 1 aliphatic rings. The predicted octanol–water partition coefficient (Wildman–Crippen LogP) is 4.35. The maximum absolute atomic E-state index is 13.9. The summed E-state index contributed by atoms with van der Waals surface area (Å²) in [5, 5.41) is 3.46. The molecule has 0 bridgehead atoms. The van der Waals surface area contributed by atoms with Crippen LogP contribution in [-0.2, 0) is 0 Å². The van der Waals surface area contributed by atoms with Gasteiger partial charge in [-0.1, -0.05) is 6.07 Å². The number of piperazine rings is 1. The van der Waals surface area contributed by atoms with Gasteiger partial charge in [-0.25, -0.2) is 4.39 Å². The van der Waals surface area contributed by atoms with E-state index in [0.717, 1.165) is 42.1 Å². The number of likely N-dealkylation sites (N-methyl/N-ethyl adjacent to an activating group) is 1. The van der Waals surface area contributed by atoms with Gasteiger partial charge in [-0.2, -0.15) is 0 Å². The zero-order valence-corrected chi connectivity index (χ0v) is 16.3. The number of rotatable bonds is 3. The van der Waals surface area contributed by atoms with Crippen LogP contribution in [0.1, 0.15) is 15.2 Å². The average Bonchev–Trinajstić information content (AvgIpc) is 3.10. The lowest BCUT2D eigenvalue weighted by molar-refractivity contribution is 0.103. The first-order valence-corrected chi connectivity index (χ1v) is 9.86. The van der Waals surface area contributed by atoms with Crippen molar-refractivity contribution in [3.05, 3.63) is 58.7 Å². The van der Waals surface area contributed by atoms with E-state index in [2.05, 4.69) is 34.3 Å². The fourth-order valence-corrected chi connectivity index (χ4v) is 4.34. The fourth-order valence-electron chi connectivity index (χ4n) is 3.37. The molecule has 0 radical (unpaired) electrons. The lowest BCUT2D eigenvalue weighted by Gasteiger charge is -2.34. The zero-order chi connectivity index (χ0) is 19.0. The largest absolute Gasteiger partial charge is 0.369 e. The van der Waals surface area contributed by atoms with Gasteiger partial charge >= 0.3 is 0 Å². The number of nitrogens with one attached hydrogen (secondary N) is 1. The first-order valence-electron chi connectivity index (χ1n) is 9.05. The minimum atomic E-state index is -0.296. The lowest BCUT2D eigenvalue weighted by Crippen LogP contribution is -2.44. The van der Waals surface area contributed by atoms with Crippen LogP contribution in [0.25, 0.3) is 10.1 Å². The molecule has 0 atom stereocenters. The molecule has 4 rings (SSSR count). The van der Waals surface area contributed by atoms with Gasteiger partial charge in [0.2, 0.25) is 0 Å². The Morgan fingerprint density at radius 3 is 2.59 bits per heavy atom. The van der Waals surface area contributed by atoms with E-state index in [1.165, 1.54) is 23.1 Å². The van der Waals surface area contributed by atoms with Crippen molar-refractivity contribution in [1.82, 2.24) is 4.90 Å². The lowest BCUT2D eigenvalue weighted by atomic mass is 10.1. The monoisotopic (exact) mass is 383 g/mol. The smallest absolute Gasteiger partial charge is 0.265 e. The standard InChI is InChI=1S/C21H22FN3OS/c1-14-12-15(25-10-8-24(2)9-11-25)6-7-18(14)23-21(26)20-13-16-17(22)4-3-5-19(16)27-20/h3-7,12-13H,8-11H2,1-2H3,(H,23,26). The number of fused-ring (bicyclic) bond motifs is 1. The van der Waals surface area contributed by atoms with E-state index in [4.69, 9.17) is 0 Å². The van der Waals surface area contributed by atoms with Crippen LogP contribution in [0.15, 0.2) is 42.5 Å². The van der Waals surface area contributed by atoms with Gasteiger partial charge in [0.15, 0.2) is 0 Å². The van der Waals surface area contributed by atoms with Crippen molar-refractivity contribution >= 4 is 38.7 Å². The topological polar surface area (TPSA) is 35.6 Å². The molecule has 4 nitrogen and oxygen atoms in total. The molecule has 1 aliphatic heterocycles. The number of carbonyl (C=O) groups excluding carboxylic acids is 1. The molecular weight excluding hydrogens is 361 g/mol. The number of carbonyl (C=O) groups is 1. The second-order valence-electron chi connectivity index (χ2n) is 7.01. The number of hydrogen-bond acceptors (Lipinski definition) is 4. The summed E-state index contributed by atoms with van der Waals surface area (Å²) in [4.78, 5) is 17.8. The minimum Gasteiger partial charge on any atom is -0.369 e. The van der Waals surface area contributed by atoms with Crippen molar-refractivity contribution in [1.29, 1.82) is 0 Å². The molecule has 1 N–H and O–H groups in total. The molecule has 0 saturated carbocycles. The summed E-state index contributed by atoms with van der Waals surface area (Å²) in [6.07, 6.45) is 0. The van der Waals surface area contributed by atoms with Gasteiger partial charge in [0.05, 0.1) is 4.88 Å². The second-order valence-corrected chi connectivity index (χ2v) is 8.09. The van der Waals surface area contributed by atoms with Gasteiger partial charge in [-0.15, -0.1) is 11.3 Å². The highest BCUT2D eigenvalue weighted by Gasteiger charge is 2.16.